The zero-order valence-electron chi connectivity index (χ0n) is 11.2. The highest BCUT2D eigenvalue weighted by molar-refractivity contribution is 9.10. The maximum Gasteiger partial charge on any atom is 0.134 e. The SMILES string of the molecule is CCC1CCC(CN)C(Oc2ccc(Cl)cc2Br)C1. The molecule has 0 amide bonds. The normalized spacial score (nSPS) is 27.3. The Hall–Kier alpha value is -0.250. The first-order valence-corrected chi connectivity index (χ1v) is 8.12. The lowest BCUT2D eigenvalue weighted by molar-refractivity contribution is 0.0678. The van der Waals surface area contributed by atoms with Gasteiger partial charge in [-0.3, -0.25) is 0 Å². The minimum absolute atomic E-state index is 0.223. The van der Waals surface area contributed by atoms with Gasteiger partial charge in [-0.25, -0.2) is 0 Å². The van der Waals surface area contributed by atoms with Gasteiger partial charge in [-0.2, -0.15) is 0 Å². The molecule has 4 heteroatoms. The van der Waals surface area contributed by atoms with E-state index < -0.39 is 0 Å². The van der Waals surface area contributed by atoms with Crippen LogP contribution in [0, 0.1) is 11.8 Å². The number of hydrogen-bond acceptors (Lipinski definition) is 2. The summed E-state index contributed by atoms with van der Waals surface area (Å²) in [6.07, 6.45) is 5.00. The predicted molar refractivity (Wildman–Crippen MR) is 83.7 cm³/mol. The molecule has 1 aliphatic carbocycles. The van der Waals surface area contributed by atoms with E-state index in [-0.39, 0.29) is 6.10 Å². The van der Waals surface area contributed by atoms with E-state index in [0.717, 1.165) is 22.6 Å². The molecule has 0 aromatic heterocycles. The first kappa shape index (κ1) is 15.1. The number of ether oxygens (including phenoxy) is 1. The molecule has 1 aliphatic rings. The maximum atomic E-state index is 6.19. The lowest BCUT2D eigenvalue weighted by atomic mass is 9.78. The molecule has 0 aliphatic heterocycles. The van der Waals surface area contributed by atoms with Crippen LogP contribution in [-0.4, -0.2) is 12.6 Å². The van der Waals surface area contributed by atoms with Crippen LogP contribution in [0.5, 0.6) is 5.75 Å². The molecule has 1 aromatic rings. The zero-order valence-corrected chi connectivity index (χ0v) is 13.6. The summed E-state index contributed by atoms with van der Waals surface area (Å²) in [6, 6.07) is 5.66. The van der Waals surface area contributed by atoms with Crippen LogP contribution in [0.25, 0.3) is 0 Å². The summed E-state index contributed by atoms with van der Waals surface area (Å²) in [5, 5.41) is 0.713. The second-order valence-electron chi connectivity index (χ2n) is 5.31. The van der Waals surface area contributed by atoms with E-state index in [0.29, 0.717) is 17.5 Å². The van der Waals surface area contributed by atoms with Crippen LogP contribution in [0.1, 0.15) is 32.6 Å². The Kier molecular flexibility index (Phi) is 5.55. The molecule has 3 unspecified atom stereocenters. The molecule has 1 fully saturated rings. The highest BCUT2D eigenvalue weighted by Crippen LogP contribution is 2.36. The van der Waals surface area contributed by atoms with E-state index in [1.54, 1.807) is 0 Å². The number of nitrogens with two attached hydrogens (primary N) is 1. The van der Waals surface area contributed by atoms with Crippen LogP contribution in [0.15, 0.2) is 22.7 Å². The van der Waals surface area contributed by atoms with Gasteiger partial charge < -0.3 is 10.5 Å². The smallest absolute Gasteiger partial charge is 0.134 e. The Labute approximate surface area is 128 Å². The zero-order chi connectivity index (χ0) is 13.8. The van der Waals surface area contributed by atoms with E-state index in [1.165, 1.54) is 19.3 Å². The van der Waals surface area contributed by atoms with Crippen molar-refractivity contribution < 1.29 is 4.74 Å². The first-order valence-electron chi connectivity index (χ1n) is 6.95. The van der Waals surface area contributed by atoms with Gasteiger partial charge in [0.15, 0.2) is 0 Å². The molecule has 106 valence electrons. The second-order valence-corrected chi connectivity index (χ2v) is 6.60. The molecule has 19 heavy (non-hydrogen) atoms. The van der Waals surface area contributed by atoms with Gasteiger partial charge in [0.05, 0.1) is 4.47 Å². The summed E-state index contributed by atoms with van der Waals surface area (Å²) in [5.74, 6) is 2.09. The Bertz CT molecular complexity index is 427. The highest BCUT2D eigenvalue weighted by Gasteiger charge is 2.30. The van der Waals surface area contributed by atoms with Crippen molar-refractivity contribution in [3.8, 4) is 5.75 Å². The van der Waals surface area contributed by atoms with Crippen molar-refractivity contribution in [2.75, 3.05) is 6.54 Å². The molecule has 2 nitrogen and oxygen atoms in total. The van der Waals surface area contributed by atoms with Crippen molar-refractivity contribution in [2.24, 2.45) is 17.6 Å². The van der Waals surface area contributed by atoms with Crippen LogP contribution in [-0.2, 0) is 0 Å². The van der Waals surface area contributed by atoms with Crippen LogP contribution in [0.3, 0.4) is 0 Å². The molecule has 1 saturated carbocycles. The van der Waals surface area contributed by atoms with Gasteiger partial charge in [-0.15, -0.1) is 0 Å². The Morgan fingerprint density at radius 3 is 2.84 bits per heavy atom. The molecule has 0 bridgehead atoms. The van der Waals surface area contributed by atoms with Crippen molar-refractivity contribution in [1.82, 2.24) is 0 Å². The average molecular weight is 347 g/mol. The number of benzene rings is 1. The average Bonchev–Trinajstić information content (AvgIpc) is 2.41. The molecule has 0 saturated heterocycles. The summed E-state index contributed by atoms with van der Waals surface area (Å²) in [7, 11) is 0. The monoisotopic (exact) mass is 345 g/mol. The summed E-state index contributed by atoms with van der Waals surface area (Å²) in [5.41, 5.74) is 5.88. The molecular formula is C15H21BrClNO. The minimum Gasteiger partial charge on any atom is -0.489 e. The number of halogens is 2. The first-order chi connectivity index (χ1) is 9.13. The third-order valence-electron chi connectivity index (χ3n) is 4.09. The quantitative estimate of drug-likeness (QED) is 0.862. The molecule has 0 spiro atoms. The largest absolute Gasteiger partial charge is 0.489 e. The summed E-state index contributed by atoms with van der Waals surface area (Å²) >= 11 is 9.46. The molecule has 2 rings (SSSR count). The molecule has 1 aromatic carbocycles. The van der Waals surface area contributed by atoms with Gasteiger partial charge in [-0.05, 0) is 65.9 Å². The van der Waals surface area contributed by atoms with Crippen LogP contribution in [0.4, 0.5) is 0 Å². The second kappa shape index (κ2) is 6.96. The lowest BCUT2D eigenvalue weighted by Crippen LogP contribution is -2.38. The Balaban J connectivity index is 2.09. The van der Waals surface area contributed by atoms with Crippen molar-refractivity contribution >= 4 is 27.5 Å². The fourth-order valence-corrected chi connectivity index (χ4v) is 3.57. The molecule has 3 atom stereocenters. The Morgan fingerprint density at radius 1 is 1.42 bits per heavy atom. The van der Waals surface area contributed by atoms with Crippen molar-refractivity contribution in [2.45, 2.75) is 38.7 Å². The minimum atomic E-state index is 0.223. The Morgan fingerprint density at radius 2 is 2.21 bits per heavy atom. The topological polar surface area (TPSA) is 35.2 Å². The van der Waals surface area contributed by atoms with E-state index >= 15 is 0 Å². The lowest BCUT2D eigenvalue weighted by Gasteiger charge is -2.35. The van der Waals surface area contributed by atoms with Crippen LogP contribution >= 0.6 is 27.5 Å². The summed E-state index contributed by atoms with van der Waals surface area (Å²) < 4.78 is 7.10. The number of rotatable bonds is 4. The van der Waals surface area contributed by atoms with Gasteiger partial charge >= 0.3 is 0 Å². The summed E-state index contributed by atoms with van der Waals surface area (Å²) in [4.78, 5) is 0. The van der Waals surface area contributed by atoms with E-state index in [1.807, 2.05) is 18.2 Å². The van der Waals surface area contributed by atoms with Crippen LogP contribution in [0.2, 0.25) is 5.02 Å². The third-order valence-corrected chi connectivity index (χ3v) is 4.94. The standard InChI is InChI=1S/C15H21BrClNO/c1-2-10-3-4-11(9-18)15(7-10)19-14-6-5-12(17)8-13(14)16/h5-6,8,10-11,15H,2-4,7,9,18H2,1H3. The highest BCUT2D eigenvalue weighted by atomic mass is 79.9. The number of hydrogen-bond donors (Lipinski definition) is 1. The molecule has 2 N–H and O–H groups in total. The van der Waals surface area contributed by atoms with Gasteiger partial charge in [0.1, 0.15) is 11.9 Å². The van der Waals surface area contributed by atoms with E-state index in [9.17, 15) is 0 Å². The third kappa shape index (κ3) is 3.87. The van der Waals surface area contributed by atoms with E-state index in [2.05, 4.69) is 22.9 Å². The van der Waals surface area contributed by atoms with Crippen LogP contribution < -0.4 is 10.5 Å². The summed E-state index contributed by atoms with van der Waals surface area (Å²) in [6.45, 7) is 2.95. The van der Waals surface area contributed by atoms with Crippen molar-refractivity contribution in [3.05, 3.63) is 27.7 Å². The van der Waals surface area contributed by atoms with Gasteiger partial charge in [0.25, 0.3) is 0 Å². The maximum absolute atomic E-state index is 6.19. The van der Waals surface area contributed by atoms with Gasteiger partial charge in [0, 0.05) is 10.9 Å². The predicted octanol–water partition coefficient (Wildman–Crippen LogP) is 4.63. The molecular weight excluding hydrogens is 326 g/mol. The molecule has 0 radical (unpaired) electrons. The van der Waals surface area contributed by atoms with Gasteiger partial charge in [-0.1, -0.05) is 24.9 Å². The van der Waals surface area contributed by atoms with Crippen molar-refractivity contribution in [1.29, 1.82) is 0 Å². The fraction of sp³-hybridized carbons (Fsp3) is 0.600. The van der Waals surface area contributed by atoms with Gasteiger partial charge in [0.2, 0.25) is 0 Å². The fourth-order valence-electron chi connectivity index (χ4n) is 2.79. The van der Waals surface area contributed by atoms with Crippen molar-refractivity contribution in [3.63, 3.8) is 0 Å². The van der Waals surface area contributed by atoms with E-state index in [4.69, 9.17) is 22.1 Å². The molecule has 0 heterocycles.